The van der Waals surface area contributed by atoms with Crippen molar-refractivity contribution in [3.8, 4) is 11.3 Å². The monoisotopic (exact) mass is 491 g/mol. The molecule has 11 heteroatoms. The first-order valence-corrected chi connectivity index (χ1v) is 12.1. The number of nitrogens with one attached hydrogen (secondary N) is 2. The van der Waals surface area contributed by atoms with Crippen LogP contribution < -0.4 is 10.2 Å². The predicted molar refractivity (Wildman–Crippen MR) is 136 cm³/mol. The lowest BCUT2D eigenvalue weighted by Crippen LogP contribution is -2.37. The topological polar surface area (TPSA) is 101 Å². The van der Waals surface area contributed by atoms with Gasteiger partial charge in [0, 0.05) is 37.0 Å². The van der Waals surface area contributed by atoms with Gasteiger partial charge in [0.15, 0.2) is 11.5 Å². The molecule has 0 unspecified atom stereocenters. The number of fused-ring (bicyclic) bond motifs is 2. The fourth-order valence-electron chi connectivity index (χ4n) is 4.29. The highest BCUT2D eigenvalue weighted by Crippen LogP contribution is 2.28. The lowest BCUT2D eigenvalue weighted by atomic mass is 10.3. The van der Waals surface area contributed by atoms with E-state index in [0.717, 1.165) is 58.4 Å². The van der Waals surface area contributed by atoms with E-state index in [1.165, 1.54) is 0 Å². The van der Waals surface area contributed by atoms with Gasteiger partial charge in [0.1, 0.15) is 5.82 Å². The number of H-pyrrole nitrogens is 1. The second-order valence-electron chi connectivity index (χ2n) is 8.87. The van der Waals surface area contributed by atoms with Crippen LogP contribution in [0.2, 0.25) is 5.02 Å². The highest BCUT2D eigenvalue weighted by Gasteiger charge is 2.19. The van der Waals surface area contributed by atoms with Crippen molar-refractivity contribution in [2.45, 2.75) is 26.4 Å². The summed E-state index contributed by atoms with van der Waals surface area (Å²) in [5, 5.41) is 13.6. The minimum atomic E-state index is 0.273. The summed E-state index contributed by atoms with van der Waals surface area (Å²) in [5.41, 5.74) is 5.15. The molecule has 0 saturated carbocycles. The maximum atomic E-state index is 6.32. The number of rotatable bonds is 6. The molecule has 35 heavy (non-hydrogen) atoms. The van der Waals surface area contributed by atoms with Crippen molar-refractivity contribution in [2.75, 3.05) is 36.5 Å². The third-order valence-corrected chi connectivity index (χ3v) is 6.49. The Morgan fingerprint density at radius 2 is 2.06 bits per heavy atom. The molecule has 0 amide bonds. The van der Waals surface area contributed by atoms with E-state index in [9.17, 15) is 0 Å². The summed E-state index contributed by atoms with van der Waals surface area (Å²) < 4.78 is 9.38. The first-order chi connectivity index (χ1) is 17.1. The molecule has 5 aromatic rings. The normalized spacial score (nSPS) is 14.5. The number of para-hydroxylation sites is 1. The molecule has 1 aliphatic rings. The molecule has 0 spiro atoms. The van der Waals surface area contributed by atoms with Gasteiger partial charge >= 0.3 is 0 Å². The molecule has 2 N–H and O–H groups in total. The van der Waals surface area contributed by atoms with Gasteiger partial charge in [-0.3, -0.25) is 4.68 Å². The summed E-state index contributed by atoms with van der Waals surface area (Å²) in [5.74, 6) is 1.66. The van der Waals surface area contributed by atoms with Gasteiger partial charge in [-0.05, 0) is 26.0 Å². The number of hydrogen-bond acceptors (Lipinski definition) is 7. The van der Waals surface area contributed by atoms with Crippen LogP contribution in [0.5, 0.6) is 0 Å². The fourth-order valence-corrected chi connectivity index (χ4v) is 4.51. The van der Waals surface area contributed by atoms with Crippen molar-refractivity contribution in [3.63, 3.8) is 0 Å². The number of aromatic nitrogens is 7. The van der Waals surface area contributed by atoms with E-state index >= 15 is 0 Å². The molecule has 10 nitrogen and oxygen atoms in total. The van der Waals surface area contributed by atoms with Crippen LogP contribution >= 0.6 is 11.6 Å². The van der Waals surface area contributed by atoms with Crippen LogP contribution in [0.15, 0.2) is 42.9 Å². The molecule has 4 aromatic heterocycles. The largest absolute Gasteiger partial charge is 0.378 e. The molecule has 1 aromatic carbocycles. The lowest BCUT2D eigenvalue weighted by Gasteiger charge is -2.28. The third kappa shape index (κ3) is 4.08. The molecule has 0 atom stereocenters. The molecule has 0 aliphatic carbocycles. The van der Waals surface area contributed by atoms with Crippen molar-refractivity contribution in [2.24, 2.45) is 0 Å². The highest BCUT2D eigenvalue weighted by molar-refractivity contribution is 6.34. The van der Waals surface area contributed by atoms with Crippen molar-refractivity contribution in [1.29, 1.82) is 0 Å². The molecule has 1 fully saturated rings. The van der Waals surface area contributed by atoms with E-state index in [-0.39, 0.29) is 6.04 Å². The Morgan fingerprint density at radius 1 is 1.20 bits per heavy atom. The van der Waals surface area contributed by atoms with Crippen molar-refractivity contribution < 1.29 is 4.74 Å². The minimum absolute atomic E-state index is 0.273. The number of hydrogen-bond donors (Lipinski definition) is 2. The molecule has 1 saturated heterocycles. The summed E-state index contributed by atoms with van der Waals surface area (Å²) in [6.45, 7) is 7.63. The average molecular weight is 492 g/mol. The maximum Gasteiger partial charge on any atom is 0.177 e. The predicted octanol–water partition coefficient (Wildman–Crippen LogP) is 4.15. The summed E-state index contributed by atoms with van der Waals surface area (Å²) in [6, 6.07) is 8.02. The van der Waals surface area contributed by atoms with E-state index in [1.54, 1.807) is 0 Å². The third-order valence-electron chi connectivity index (χ3n) is 6.18. The van der Waals surface area contributed by atoms with Gasteiger partial charge in [0.2, 0.25) is 0 Å². The van der Waals surface area contributed by atoms with Crippen LogP contribution in [-0.4, -0.2) is 60.6 Å². The Hall–Kier alpha value is -3.63. The molecular formula is C24H26ClN9O. The number of benzene rings is 1. The van der Waals surface area contributed by atoms with E-state index in [2.05, 4.69) is 39.1 Å². The summed E-state index contributed by atoms with van der Waals surface area (Å²) >= 11 is 6.32. The number of imidazole rings is 2. The number of halogens is 1. The number of morpholine rings is 1. The Kier molecular flexibility index (Phi) is 5.54. The summed E-state index contributed by atoms with van der Waals surface area (Å²) in [6.07, 6.45) is 5.74. The zero-order valence-electron chi connectivity index (χ0n) is 19.6. The minimum Gasteiger partial charge on any atom is -0.378 e. The Bertz CT molecular complexity index is 1500. The van der Waals surface area contributed by atoms with Crippen molar-refractivity contribution >= 4 is 39.8 Å². The van der Waals surface area contributed by atoms with E-state index in [0.29, 0.717) is 24.8 Å². The smallest absolute Gasteiger partial charge is 0.177 e. The Balaban J connectivity index is 1.39. The van der Waals surface area contributed by atoms with Crippen LogP contribution in [0.3, 0.4) is 0 Å². The second kappa shape index (κ2) is 8.86. The SMILES string of the molecule is CC(C)n1cc(-c2cnc3c(NCc4nc5cccc(Cl)c5[nH]4)cc(N4CCOCC4)nn23)cn1. The zero-order valence-corrected chi connectivity index (χ0v) is 20.3. The van der Waals surface area contributed by atoms with Gasteiger partial charge in [-0.25, -0.2) is 14.5 Å². The summed E-state index contributed by atoms with van der Waals surface area (Å²) in [4.78, 5) is 14.9. The standard InChI is InChI=1S/C24H26ClN9O/c1-15(2)33-14-16(11-28-33)20-12-27-24-19(10-22(31-34(20)24)32-6-8-35-9-7-32)26-13-21-29-18-5-3-4-17(25)23(18)30-21/h3-5,10-12,14-15,26H,6-9,13H2,1-2H3,(H,29,30). The van der Waals surface area contributed by atoms with Crippen LogP contribution in [-0.2, 0) is 11.3 Å². The molecule has 0 radical (unpaired) electrons. The van der Waals surface area contributed by atoms with Crippen LogP contribution in [0.4, 0.5) is 11.5 Å². The fraction of sp³-hybridized carbons (Fsp3) is 0.333. The Morgan fingerprint density at radius 3 is 2.83 bits per heavy atom. The highest BCUT2D eigenvalue weighted by atomic mass is 35.5. The van der Waals surface area contributed by atoms with E-state index in [4.69, 9.17) is 26.4 Å². The zero-order chi connectivity index (χ0) is 23.9. The van der Waals surface area contributed by atoms with Gasteiger partial charge in [-0.2, -0.15) is 5.10 Å². The van der Waals surface area contributed by atoms with Gasteiger partial charge in [0.05, 0.1) is 59.6 Å². The van der Waals surface area contributed by atoms with E-state index in [1.807, 2.05) is 52.1 Å². The first-order valence-electron chi connectivity index (χ1n) is 11.7. The average Bonchev–Trinajstić information content (AvgIpc) is 3.61. The first kappa shape index (κ1) is 21.9. The lowest BCUT2D eigenvalue weighted by molar-refractivity contribution is 0.122. The molecule has 6 rings (SSSR count). The molecule has 5 heterocycles. The van der Waals surface area contributed by atoms with Gasteiger partial charge < -0.3 is 19.9 Å². The number of nitrogens with zero attached hydrogens (tertiary/aromatic N) is 7. The van der Waals surface area contributed by atoms with Gasteiger partial charge in [-0.1, -0.05) is 17.7 Å². The molecular weight excluding hydrogens is 466 g/mol. The quantitative estimate of drug-likeness (QED) is 0.368. The van der Waals surface area contributed by atoms with Crippen LogP contribution in [0, 0.1) is 0 Å². The number of aromatic amines is 1. The number of anilines is 2. The molecule has 1 aliphatic heterocycles. The Labute approximate surface area is 206 Å². The van der Waals surface area contributed by atoms with Crippen molar-refractivity contribution in [3.05, 3.63) is 53.7 Å². The summed E-state index contributed by atoms with van der Waals surface area (Å²) in [7, 11) is 0. The van der Waals surface area contributed by atoms with Crippen LogP contribution in [0.25, 0.3) is 27.9 Å². The van der Waals surface area contributed by atoms with Crippen molar-refractivity contribution in [1.82, 2.24) is 34.3 Å². The number of ether oxygens (including phenoxy) is 1. The van der Waals surface area contributed by atoms with Gasteiger partial charge in [0.25, 0.3) is 0 Å². The van der Waals surface area contributed by atoms with Gasteiger partial charge in [-0.15, -0.1) is 5.10 Å². The maximum absolute atomic E-state index is 6.32. The molecule has 0 bridgehead atoms. The van der Waals surface area contributed by atoms with E-state index < -0.39 is 0 Å². The molecule has 180 valence electrons. The van der Waals surface area contributed by atoms with Crippen LogP contribution in [0.1, 0.15) is 25.7 Å². The second-order valence-corrected chi connectivity index (χ2v) is 9.28.